The van der Waals surface area contributed by atoms with Crippen LogP contribution in [0.3, 0.4) is 0 Å². The van der Waals surface area contributed by atoms with E-state index in [1.807, 2.05) is 0 Å². The van der Waals surface area contributed by atoms with Crippen LogP contribution in [-0.4, -0.2) is 35.1 Å². The summed E-state index contributed by atoms with van der Waals surface area (Å²) in [7, 11) is 0. The maximum atomic E-state index is 9.75. The minimum Gasteiger partial charge on any atom is -0.396 e. The van der Waals surface area contributed by atoms with E-state index in [1.165, 1.54) is 89.9 Å². The predicted molar refractivity (Wildman–Crippen MR) is 115 cm³/mol. The van der Waals surface area contributed by atoms with Gasteiger partial charge in [0.15, 0.2) is 0 Å². The van der Waals surface area contributed by atoms with E-state index in [0.29, 0.717) is 5.92 Å². The molecule has 1 aliphatic carbocycles. The zero-order valence-electron chi connectivity index (χ0n) is 18.0. The maximum Gasteiger partial charge on any atom is 0.0436 e. The summed E-state index contributed by atoms with van der Waals surface area (Å²) in [6, 6.07) is 0. The fourth-order valence-corrected chi connectivity index (χ4v) is 5.33. The molecule has 0 bridgehead atoms. The third kappa shape index (κ3) is 10.9. The topological polar surface area (TPSA) is 60.7 Å². The van der Waals surface area contributed by atoms with Gasteiger partial charge in [-0.15, -0.1) is 0 Å². The van der Waals surface area contributed by atoms with E-state index in [9.17, 15) is 15.3 Å². The summed E-state index contributed by atoms with van der Waals surface area (Å²) < 4.78 is 0. The molecule has 0 saturated heterocycles. The Balaban J connectivity index is 2.71. The van der Waals surface area contributed by atoms with E-state index in [-0.39, 0.29) is 25.2 Å². The summed E-state index contributed by atoms with van der Waals surface area (Å²) in [5.41, 5.74) is 0.0116. The highest BCUT2D eigenvalue weighted by atomic mass is 16.3. The lowest BCUT2D eigenvalue weighted by atomic mass is 9.65. The Kier molecular flexibility index (Phi) is 15.5. The summed E-state index contributed by atoms with van der Waals surface area (Å²) in [6.45, 7) is 0.618. The van der Waals surface area contributed by atoms with Gasteiger partial charge in [-0.1, -0.05) is 89.9 Å². The lowest BCUT2D eigenvalue weighted by Crippen LogP contribution is -2.34. The van der Waals surface area contributed by atoms with Gasteiger partial charge in [0.25, 0.3) is 0 Å². The molecule has 162 valence electrons. The average Bonchev–Trinajstić information content (AvgIpc) is 2.66. The van der Waals surface area contributed by atoms with Crippen molar-refractivity contribution in [2.24, 2.45) is 11.3 Å². The number of hydrogen-bond donors (Lipinski definition) is 3. The third-order valence-corrected chi connectivity index (χ3v) is 7.04. The Labute approximate surface area is 169 Å². The minimum absolute atomic E-state index is 0.0116. The second-order valence-electron chi connectivity index (χ2n) is 9.01. The Hall–Kier alpha value is -0.120. The summed E-state index contributed by atoms with van der Waals surface area (Å²) in [5.74, 6) is 0.431. The van der Waals surface area contributed by atoms with Crippen LogP contribution in [0.1, 0.15) is 122 Å². The molecule has 0 amide bonds. The monoisotopic (exact) mass is 384 g/mol. The van der Waals surface area contributed by atoms with E-state index < -0.39 is 0 Å². The second-order valence-corrected chi connectivity index (χ2v) is 9.01. The van der Waals surface area contributed by atoms with E-state index in [0.717, 1.165) is 32.1 Å². The lowest BCUT2D eigenvalue weighted by molar-refractivity contribution is 0.0382. The fourth-order valence-electron chi connectivity index (χ4n) is 5.33. The van der Waals surface area contributed by atoms with Gasteiger partial charge in [-0.2, -0.15) is 0 Å². The highest BCUT2D eigenvalue weighted by Crippen LogP contribution is 2.44. The highest BCUT2D eigenvalue weighted by Gasteiger charge is 2.36. The number of rotatable bonds is 6. The van der Waals surface area contributed by atoms with Crippen molar-refractivity contribution < 1.29 is 15.3 Å². The molecule has 0 aromatic carbocycles. The van der Waals surface area contributed by atoms with Gasteiger partial charge in [0.1, 0.15) is 0 Å². The first-order valence-electron chi connectivity index (χ1n) is 12.1. The average molecular weight is 385 g/mol. The van der Waals surface area contributed by atoms with Crippen LogP contribution in [0.15, 0.2) is 0 Å². The van der Waals surface area contributed by atoms with E-state index in [1.54, 1.807) is 0 Å². The maximum absolute atomic E-state index is 9.75. The summed E-state index contributed by atoms with van der Waals surface area (Å²) in [6.07, 6.45) is 23.4. The Morgan fingerprint density at radius 2 is 0.926 bits per heavy atom. The SMILES string of the molecule is OCCC1CCCCCCCCCCCCCCCCC1(CCO)CCO. The van der Waals surface area contributed by atoms with Crippen molar-refractivity contribution in [1.82, 2.24) is 0 Å². The molecule has 1 atom stereocenters. The fraction of sp³-hybridized carbons (Fsp3) is 1.00. The van der Waals surface area contributed by atoms with E-state index in [2.05, 4.69) is 0 Å². The molecular weight excluding hydrogens is 336 g/mol. The van der Waals surface area contributed by atoms with Crippen LogP contribution in [0.5, 0.6) is 0 Å². The van der Waals surface area contributed by atoms with Crippen LogP contribution in [0.25, 0.3) is 0 Å². The molecule has 0 aromatic rings. The van der Waals surface area contributed by atoms with Crippen LogP contribution in [0.2, 0.25) is 0 Å². The number of aliphatic hydroxyl groups excluding tert-OH is 3. The van der Waals surface area contributed by atoms with E-state index in [4.69, 9.17) is 0 Å². The van der Waals surface area contributed by atoms with Gasteiger partial charge in [0, 0.05) is 19.8 Å². The van der Waals surface area contributed by atoms with Crippen molar-refractivity contribution in [2.75, 3.05) is 19.8 Å². The molecular formula is C24H48O3. The van der Waals surface area contributed by atoms with Crippen molar-refractivity contribution in [3.8, 4) is 0 Å². The van der Waals surface area contributed by atoms with Crippen molar-refractivity contribution in [3.05, 3.63) is 0 Å². The molecule has 0 heterocycles. The van der Waals surface area contributed by atoms with Crippen molar-refractivity contribution in [2.45, 2.75) is 122 Å². The first-order valence-corrected chi connectivity index (χ1v) is 12.1. The molecule has 0 aromatic heterocycles. The number of aliphatic hydroxyl groups is 3. The van der Waals surface area contributed by atoms with Gasteiger partial charge in [0.2, 0.25) is 0 Å². The second kappa shape index (κ2) is 16.8. The lowest BCUT2D eigenvalue weighted by Gasteiger charge is -2.41. The first kappa shape index (κ1) is 24.9. The normalized spacial score (nSPS) is 24.8. The molecule has 3 heteroatoms. The molecule has 27 heavy (non-hydrogen) atoms. The minimum atomic E-state index is 0.0116. The summed E-state index contributed by atoms with van der Waals surface area (Å²) >= 11 is 0. The predicted octanol–water partition coefficient (Wildman–Crippen LogP) is 5.99. The van der Waals surface area contributed by atoms with Crippen LogP contribution in [0, 0.1) is 11.3 Å². The molecule has 0 aliphatic heterocycles. The van der Waals surface area contributed by atoms with Gasteiger partial charge in [-0.3, -0.25) is 0 Å². The molecule has 1 saturated carbocycles. The van der Waals surface area contributed by atoms with Gasteiger partial charge in [-0.25, -0.2) is 0 Å². The molecule has 1 rings (SSSR count). The zero-order valence-corrected chi connectivity index (χ0v) is 18.0. The molecule has 3 nitrogen and oxygen atoms in total. The van der Waals surface area contributed by atoms with Crippen molar-refractivity contribution in [3.63, 3.8) is 0 Å². The Morgan fingerprint density at radius 1 is 0.519 bits per heavy atom. The van der Waals surface area contributed by atoms with Crippen molar-refractivity contribution >= 4 is 0 Å². The first-order chi connectivity index (χ1) is 13.3. The highest BCUT2D eigenvalue weighted by molar-refractivity contribution is 4.86. The zero-order chi connectivity index (χ0) is 19.6. The molecule has 3 N–H and O–H groups in total. The molecule has 0 radical (unpaired) electrons. The summed E-state index contributed by atoms with van der Waals surface area (Å²) in [5, 5.41) is 29.2. The standard InChI is InChI=1S/C24H48O3/c25-20-16-23-15-13-11-9-7-5-3-1-2-4-6-8-10-12-14-17-24(23,18-21-26)19-22-27/h23,25-27H,1-22H2. The van der Waals surface area contributed by atoms with Gasteiger partial charge in [0.05, 0.1) is 0 Å². The van der Waals surface area contributed by atoms with E-state index >= 15 is 0 Å². The molecule has 1 aliphatic rings. The Morgan fingerprint density at radius 3 is 1.33 bits per heavy atom. The largest absolute Gasteiger partial charge is 0.396 e. The molecule has 1 unspecified atom stereocenters. The molecule has 0 spiro atoms. The van der Waals surface area contributed by atoms with Crippen molar-refractivity contribution in [1.29, 1.82) is 0 Å². The van der Waals surface area contributed by atoms with Crippen LogP contribution < -0.4 is 0 Å². The quantitative estimate of drug-likeness (QED) is 0.527. The molecule has 1 fully saturated rings. The van der Waals surface area contributed by atoms with Crippen LogP contribution in [-0.2, 0) is 0 Å². The Bertz CT molecular complexity index is 313. The van der Waals surface area contributed by atoms with Crippen LogP contribution >= 0.6 is 0 Å². The van der Waals surface area contributed by atoms with Gasteiger partial charge in [-0.05, 0) is 43.4 Å². The summed E-state index contributed by atoms with van der Waals surface area (Å²) in [4.78, 5) is 0. The smallest absolute Gasteiger partial charge is 0.0436 e. The van der Waals surface area contributed by atoms with Gasteiger partial charge < -0.3 is 15.3 Å². The number of hydrogen-bond acceptors (Lipinski definition) is 3. The van der Waals surface area contributed by atoms with Gasteiger partial charge >= 0.3 is 0 Å². The van der Waals surface area contributed by atoms with Crippen LogP contribution in [0.4, 0.5) is 0 Å². The third-order valence-electron chi connectivity index (χ3n) is 7.04.